The first-order chi connectivity index (χ1) is 46.6. The van der Waals surface area contributed by atoms with Crippen LogP contribution in [0.3, 0.4) is 0 Å². The number of esters is 4. The van der Waals surface area contributed by atoms with Gasteiger partial charge in [-0.1, -0.05) is 344 Å². The van der Waals surface area contributed by atoms with E-state index in [9.17, 15) is 43.2 Å². The van der Waals surface area contributed by atoms with Crippen molar-refractivity contribution in [2.24, 2.45) is 23.7 Å². The lowest BCUT2D eigenvalue weighted by Gasteiger charge is -2.21. The molecule has 97 heavy (non-hydrogen) atoms. The summed E-state index contributed by atoms with van der Waals surface area (Å²) in [5.74, 6) is 0.967. The minimum atomic E-state index is -4.96. The Morgan fingerprint density at radius 1 is 0.289 bits per heavy atom. The SMILES string of the molecule is CCC(C)CCCCCCCCC(=O)OC[C@H](COP(=O)(O)OC[C@H](O)COP(=O)(O)OC[C@@H](COC(=O)CCCCCCCCCCCCCCCC(C)C)OC(=O)CCCCCCCCCCCCCCCC(C)C)OC(=O)CCCCCCCCCCCCCCC(C)C. The smallest absolute Gasteiger partial charge is 0.462 e. The Bertz CT molecular complexity index is 1900. The van der Waals surface area contributed by atoms with Crippen LogP contribution in [0.1, 0.15) is 396 Å². The molecule has 0 fully saturated rings. The second kappa shape index (κ2) is 67.2. The van der Waals surface area contributed by atoms with Crippen molar-refractivity contribution in [2.75, 3.05) is 39.6 Å². The third-order valence-electron chi connectivity index (χ3n) is 18.4. The van der Waals surface area contributed by atoms with Crippen LogP contribution in [0.15, 0.2) is 0 Å². The summed E-state index contributed by atoms with van der Waals surface area (Å²) < 4.78 is 68.6. The molecule has 0 heterocycles. The second-order valence-electron chi connectivity index (χ2n) is 29.8. The summed E-state index contributed by atoms with van der Waals surface area (Å²) in [6.07, 6.45) is 52.7. The summed E-state index contributed by atoms with van der Waals surface area (Å²) in [6, 6.07) is 0. The van der Waals surface area contributed by atoms with Crippen LogP contribution in [0.4, 0.5) is 0 Å². The number of carbonyl (C=O) groups is 4. The quantitative estimate of drug-likeness (QED) is 0.0222. The van der Waals surface area contributed by atoms with Gasteiger partial charge in [0.25, 0.3) is 0 Å². The van der Waals surface area contributed by atoms with Gasteiger partial charge in [0, 0.05) is 25.7 Å². The summed E-state index contributed by atoms with van der Waals surface area (Å²) in [4.78, 5) is 72.9. The van der Waals surface area contributed by atoms with E-state index in [1.807, 2.05) is 0 Å². The van der Waals surface area contributed by atoms with Crippen molar-refractivity contribution in [2.45, 2.75) is 414 Å². The van der Waals surface area contributed by atoms with Crippen LogP contribution in [0, 0.1) is 23.7 Å². The zero-order valence-corrected chi connectivity index (χ0v) is 65.5. The Hall–Kier alpha value is -1.94. The van der Waals surface area contributed by atoms with Gasteiger partial charge in [0.15, 0.2) is 12.2 Å². The molecular weight excluding hydrogens is 1270 g/mol. The lowest BCUT2D eigenvalue weighted by molar-refractivity contribution is -0.161. The van der Waals surface area contributed by atoms with E-state index in [-0.39, 0.29) is 25.7 Å². The summed E-state index contributed by atoms with van der Waals surface area (Å²) in [7, 11) is -9.92. The third-order valence-corrected chi connectivity index (χ3v) is 20.3. The monoisotopic (exact) mass is 1420 g/mol. The molecule has 0 saturated carbocycles. The van der Waals surface area contributed by atoms with Crippen molar-refractivity contribution < 1.29 is 80.2 Å². The number of aliphatic hydroxyl groups is 1. The van der Waals surface area contributed by atoms with E-state index in [0.717, 1.165) is 120 Å². The van der Waals surface area contributed by atoms with Gasteiger partial charge in [-0.25, -0.2) is 9.13 Å². The van der Waals surface area contributed by atoms with Crippen molar-refractivity contribution >= 4 is 39.5 Å². The zero-order valence-electron chi connectivity index (χ0n) is 63.7. The molecule has 0 aromatic rings. The molecule has 0 aliphatic rings. The largest absolute Gasteiger partial charge is 0.472 e. The fraction of sp³-hybridized carbons (Fsp3) is 0.949. The molecule has 3 N–H and O–H groups in total. The first-order valence-electron chi connectivity index (χ1n) is 40.2. The number of phosphoric acid groups is 2. The maximum Gasteiger partial charge on any atom is 0.472 e. The molecule has 0 aromatic heterocycles. The second-order valence-corrected chi connectivity index (χ2v) is 32.7. The molecular formula is C78H152O17P2. The molecule has 0 aromatic carbocycles. The Morgan fingerprint density at radius 2 is 0.495 bits per heavy atom. The molecule has 0 aliphatic heterocycles. The highest BCUT2D eigenvalue weighted by Crippen LogP contribution is 2.45. The van der Waals surface area contributed by atoms with Gasteiger partial charge < -0.3 is 33.8 Å². The van der Waals surface area contributed by atoms with Gasteiger partial charge >= 0.3 is 39.5 Å². The third kappa shape index (κ3) is 70.9. The van der Waals surface area contributed by atoms with E-state index in [2.05, 4.69) is 55.4 Å². The van der Waals surface area contributed by atoms with E-state index < -0.39 is 97.5 Å². The molecule has 17 nitrogen and oxygen atoms in total. The number of rotatable bonds is 75. The highest BCUT2D eigenvalue weighted by atomic mass is 31.2. The van der Waals surface area contributed by atoms with E-state index in [1.54, 1.807) is 0 Å². The van der Waals surface area contributed by atoms with E-state index in [4.69, 9.17) is 37.0 Å². The molecule has 0 saturated heterocycles. The lowest BCUT2D eigenvalue weighted by Crippen LogP contribution is -2.30. The van der Waals surface area contributed by atoms with Gasteiger partial charge in [-0.05, 0) is 49.4 Å². The highest BCUT2D eigenvalue weighted by molar-refractivity contribution is 7.47. The molecule has 0 bridgehead atoms. The maximum atomic E-state index is 13.1. The number of unbranched alkanes of at least 4 members (excludes halogenated alkanes) is 40. The van der Waals surface area contributed by atoms with Crippen LogP contribution in [-0.2, 0) is 65.4 Å². The fourth-order valence-electron chi connectivity index (χ4n) is 11.9. The van der Waals surface area contributed by atoms with Crippen molar-refractivity contribution in [1.82, 2.24) is 0 Å². The van der Waals surface area contributed by atoms with Crippen molar-refractivity contribution in [3.63, 3.8) is 0 Å². The van der Waals surface area contributed by atoms with Gasteiger partial charge in [0.1, 0.15) is 19.3 Å². The van der Waals surface area contributed by atoms with Crippen LogP contribution in [0.5, 0.6) is 0 Å². The Labute approximate surface area is 594 Å². The molecule has 0 aliphatic carbocycles. The molecule has 6 atom stereocenters. The predicted octanol–water partition coefficient (Wildman–Crippen LogP) is 22.8. The number of phosphoric ester groups is 2. The Balaban J connectivity index is 5.26. The van der Waals surface area contributed by atoms with Crippen molar-refractivity contribution in [1.29, 1.82) is 0 Å². The first-order valence-corrected chi connectivity index (χ1v) is 43.2. The van der Waals surface area contributed by atoms with E-state index in [1.165, 1.54) is 193 Å². The summed E-state index contributed by atoms with van der Waals surface area (Å²) >= 11 is 0. The molecule has 0 radical (unpaired) electrons. The number of ether oxygens (including phenoxy) is 4. The maximum absolute atomic E-state index is 13.1. The Kier molecular flexibility index (Phi) is 65.9. The number of aliphatic hydroxyl groups excluding tert-OH is 1. The average molecular weight is 1420 g/mol. The van der Waals surface area contributed by atoms with Crippen molar-refractivity contribution in [3.05, 3.63) is 0 Å². The van der Waals surface area contributed by atoms with Gasteiger partial charge in [-0.3, -0.25) is 37.3 Å². The summed E-state index contributed by atoms with van der Waals surface area (Å²) in [5, 5.41) is 10.6. The minimum Gasteiger partial charge on any atom is -0.462 e. The number of carbonyl (C=O) groups excluding carboxylic acids is 4. The molecule has 3 unspecified atom stereocenters. The molecule has 0 amide bonds. The summed E-state index contributed by atoms with van der Waals surface area (Å²) in [5.41, 5.74) is 0. The fourth-order valence-corrected chi connectivity index (χ4v) is 13.5. The van der Waals surface area contributed by atoms with E-state index in [0.29, 0.717) is 25.7 Å². The first kappa shape index (κ1) is 95.1. The minimum absolute atomic E-state index is 0.106. The number of hydrogen-bond donors (Lipinski definition) is 3. The Morgan fingerprint density at radius 3 is 0.732 bits per heavy atom. The molecule has 0 rings (SSSR count). The normalized spacial score (nSPS) is 14.4. The predicted molar refractivity (Wildman–Crippen MR) is 395 cm³/mol. The van der Waals surface area contributed by atoms with E-state index >= 15 is 0 Å². The topological polar surface area (TPSA) is 237 Å². The number of hydrogen-bond acceptors (Lipinski definition) is 15. The van der Waals surface area contributed by atoms with Gasteiger partial charge in [0.05, 0.1) is 26.4 Å². The zero-order chi connectivity index (χ0) is 71.7. The molecule has 576 valence electrons. The van der Waals surface area contributed by atoms with Crippen LogP contribution in [-0.4, -0.2) is 96.7 Å². The highest BCUT2D eigenvalue weighted by Gasteiger charge is 2.30. The van der Waals surface area contributed by atoms with Gasteiger partial charge in [-0.15, -0.1) is 0 Å². The standard InChI is InChI=1S/C78H152O17P2/c1-9-71(8)57-49-41-36-37-43-51-59-76(81)89-65-74(95-78(83)61-53-45-35-29-23-17-16-20-26-32-40-48-56-70(6)7)67-93-97(86,87)91-63-72(79)62-90-96(84,85)92-66-73(94-77(82)60-52-44-34-28-22-15-11-13-19-25-31-39-47-55-69(4)5)64-88-75(80)58-50-42-33-27-21-14-10-12-18-24-30-38-46-54-68(2)3/h68-74,79H,9-67H2,1-8H3,(H,84,85)(H,86,87)/t71?,72-,73-,74-/m1/s1. The van der Waals surface area contributed by atoms with Gasteiger partial charge in [0.2, 0.25) is 0 Å². The average Bonchev–Trinajstić information content (AvgIpc) is 1.50. The van der Waals surface area contributed by atoms with Crippen LogP contribution in [0.2, 0.25) is 0 Å². The molecule has 19 heteroatoms. The van der Waals surface area contributed by atoms with Gasteiger partial charge in [-0.2, -0.15) is 0 Å². The van der Waals surface area contributed by atoms with Crippen molar-refractivity contribution in [3.8, 4) is 0 Å². The van der Waals surface area contributed by atoms with Crippen LogP contribution in [0.25, 0.3) is 0 Å². The molecule has 0 spiro atoms. The van der Waals surface area contributed by atoms with Crippen LogP contribution >= 0.6 is 15.6 Å². The lowest BCUT2D eigenvalue weighted by atomic mass is 10.00. The summed E-state index contributed by atoms with van der Waals surface area (Å²) in [6.45, 7) is 14.2. The van der Waals surface area contributed by atoms with Crippen LogP contribution < -0.4 is 0 Å².